The summed E-state index contributed by atoms with van der Waals surface area (Å²) in [6.45, 7) is 3.97. The number of aromatic hydroxyl groups is 1. The third kappa shape index (κ3) is 4.73. The summed E-state index contributed by atoms with van der Waals surface area (Å²) >= 11 is 0. The maximum atomic E-state index is 10.4. The minimum absolute atomic E-state index is 0. The highest BCUT2D eigenvalue weighted by Gasteiger charge is 2.34. The Labute approximate surface area is 193 Å². The molecule has 0 radical (unpaired) electrons. The molecule has 2 aromatic heterocycles. The van der Waals surface area contributed by atoms with Crippen LogP contribution < -0.4 is 10.2 Å². The standard InChI is InChI=1S/C20H24N8O.2ClH/c1-13-11-27(12-18(24-13)14-3-2-4-14)20-21-10-17(25-26-20)16-6-5-15(9-19(16)29)28-22-7-8-23-28;;/h5-10,13-14,18,24,29H,2-4,11-12H2,1H3;2*1H/t13-,18-;;/m1../s1. The lowest BCUT2D eigenvalue weighted by molar-refractivity contribution is 0.202. The number of phenols is 1. The quantitative estimate of drug-likeness (QED) is 0.606. The van der Waals surface area contributed by atoms with Crippen LogP contribution in [0.1, 0.15) is 26.2 Å². The Hall–Kier alpha value is -2.49. The van der Waals surface area contributed by atoms with Crippen molar-refractivity contribution in [2.75, 3.05) is 18.0 Å². The Morgan fingerprint density at radius 3 is 2.45 bits per heavy atom. The third-order valence-corrected chi connectivity index (χ3v) is 5.87. The highest BCUT2D eigenvalue weighted by molar-refractivity contribution is 5.85. The molecule has 0 bridgehead atoms. The molecule has 2 aliphatic rings. The average molecular weight is 465 g/mol. The topological polar surface area (TPSA) is 105 Å². The molecule has 1 aliphatic carbocycles. The van der Waals surface area contributed by atoms with Gasteiger partial charge in [0.05, 0.1) is 24.3 Å². The summed E-state index contributed by atoms with van der Waals surface area (Å²) in [5, 5.41) is 31.0. The van der Waals surface area contributed by atoms with Gasteiger partial charge in [0.15, 0.2) is 0 Å². The van der Waals surface area contributed by atoms with Gasteiger partial charge in [-0.1, -0.05) is 6.42 Å². The second-order valence-electron chi connectivity index (χ2n) is 7.93. The molecular weight excluding hydrogens is 439 g/mol. The fourth-order valence-electron chi connectivity index (χ4n) is 4.15. The number of anilines is 1. The molecule has 166 valence electrons. The van der Waals surface area contributed by atoms with Crippen molar-refractivity contribution in [1.82, 2.24) is 35.5 Å². The predicted octanol–water partition coefficient (Wildman–Crippen LogP) is 2.64. The first-order chi connectivity index (χ1) is 14.2. The summed E-state index contributed by atoms with van der Waals surface area (Å²) in [7, 11) is 0. The van der Waals surface area contributed by atoms with Crippen LogP contribution in [0.2, 0.25) is 0 Å². The van der Waals surface area contributed by atoms with Crippen LogP contribution in [-0.4, -0.2) is 60.5 Å². The lowest BCUT2D eigenvalue weighted by atomic mass is 9.78. The van der Waals surface area contributed by atoms with Crippen molar-refractivity contribution in [2.24, 2.45) is 5.92 Å². The molecule has 2 fully saturated rings. The van der Waals surface area contributed by atoms with Crippen LogP contribution in [0.4, 0.5) is 5.95 Å². The fraction of sp³-hybridized carbons (Fsp3) is 0.450. The molecule has 11 heteroatoms. The number of halogens is 2. The van der Waals surface area contributed by atoms with E-state index < -0.39 is 0 Å². The Balaban J connectivity index is 0.00000136. The number of nitrogens with one attached hydrogen (secondary N) is 1. The van der Waals surface area contributed by atoms with Gasteiger partial charge in [0.25, 0.3) is 0 Å². The van der Waals surface area contributed by atoms with E-state index in [2.05, 4.69) is 42.5 Å². The monoisotopic (exact) mass is 464 g/mol. The van der Waals surface area contributed by atoms with E-state index in [4.69, 9.17) is 0 Å². The van der Waals surface area contributed by atoms with Crippen molar-refractivity contribution >= 4 is 30.8 Å². The highest BCUT2D eigenvalue weighted by atomic mass is 35.5. The van der Waals surface area contributed by atoms with Gasteiger partial charge in [-0.25, -0.2) is 4.98 Å². The Morgan fingerprint density at radius 2 is 1.84 bits per heavy atom. The number of nitrogens with zero attached hydrogens (tertiary/aromatic N) is 7. The zero-order valence-corrected chi connectivity index (χ0v) is 18.8. The SMILES string of the molecule is C[C@@H]1CN(c2ncc(-c3ccc(-n4nccn4)cc3O)nn2)C[C@H](C2CCC2)N1.Cl.Cl. The van der Waals surface area contributed by atoms with Crippen LogP contribution in [0.5, 0.6) is 5.75 Å². The van der Waals surface area contributed by atoms with E-state index in [1.165, 1.54) is 24.1 Å². The molecule has 0 amide bonds. The molecule has 3 heterocycles. The molecule has 2 atom stereocenters. The zero-order valence-electron chi connectivity index (χ0n) is 17.1. The third-order valence-electron chi connectivity index (χ3n) is 5.87. The highest BCUT2D eigenvalue weighted by Crippen LogP contribution is 2.32. The van der Waals surface area contributed by atoms with E-state index in [0.29, 0.717) is 35.0 Å². The normalized spacial score (nSPS) is 21.0. The number of benzene rings is 1. The molecular formula is C20H26Cl2N8O. The van der Waals surface area contributed by atoms with Gasteiger partial charge in [-0.15, -0.1) is 35.0 Å². The van der Waals surface area contributed by atoms with Crippen molar-refractivity contribution in [1.29, 1.82) is 0 Å². The maximum absolute atomic E-state index is 10.4. The van der Waals surface area contributed by atoms with Crippen LogP contribution in [0.25, 0.3) is 16.9 Å². The number of aromatic nitrogens is 6. The molecule has 0 spiro atoms. The van der Waals surface area contributed by atoms with Gasteiger partial charge in [-0.2, -0.15) is 15.0 Å². The van der Waals surface area contributed by atoms with Gasteiger partial charge in [0, 0.05) is 36.8 Å². The van der Waals surface area contributed by atoms with Gasteiger partial charge >= 0.3 is 0 Å². The number of piperazine rings is 1. The Bertz CT molecular complexity index is 981. The number of hydrogen-bond donors (Lipinski definition) is 2. The lowest BCUT2D eigenvalue weighted by Gasteiger charge is -2.43. The molecule has 1 saturated carbocycles. The van der Waals surface area contributed by atoms with Crippen LogP contribution in [0, 0.1) is 5.92 Å². The first-order valence-electron chi connectivity index (χ1n) is 10.1. The maximum Gasteiger partial charge on any atom is 0.245 e. The Kier molecular flexibility index (Phi) is 7.30. The molecule has 9 nitrogen and oxygen atoms in total. The number of rotatable bonds is 4. The average Bonchev–Trinajstić information content (AvgIpc) is 3.21. The van der Waals surface area contributed by atoms with Crippen molar-refractivity contribution in [3.8, 4) is 22.7 Å². The fourth-order valence-corrected chi connectivity index (χ4v) is 4.15. The largest absolute Gasteiger partial charge is 0.507 e. The van der Waals surface area contributed by atoms with E-state index in [0.717, 1.165) is 19.0 Å². The molecule has 3 aromatic rings. The summed E-state index contributed by atoms with van der Waals surface area (Å²) in [6.07, 6.45) is 8.80. The van der Waals surface area contributed by atoms with Crippen LogP contribution >= 0.6 is 24.8 Å². The summed E-state index contributed by atoms with van der Waals surface area (Å²) in [6, 6.07) is 6.09. The van der Waals surface area contributed by atoms with E-state index >= 15 is 0 Å². The number of phenolic OH excluding ortho intramolecular Hbond substituents is 1. The summed E-state index contributed by atoms with van der Waals surface area (Å²) in [4.78, 5) is 8.21. The predicted molar refractivity (Wildman–Crippen MR) is 122 cm³/mol. The van der Waals surface area contributed by atoms with Gasteiger partial charge in [0.1, 0.15) is 11.4 Å². The summed E-state index contributed by atoms with van der Waals surface area (Å²) in [5.41, 5.74) is 1.78. The molecule has 2 N–H and O–H groups in total. The van der Waals surface area contributed by atoms with Crippen molar-refractivity contribution < 1.29 is 5.11 Å². The second-order valence-corrected chi connectivity index (χ2v) is 7.93. The van der Waals surface area contributed by atoms with Crippen LogP contribution in [0.3, 0.4) is 0 Å². The lowest BCUT2D eigenvalue weighted by Crippen LogP contribution is -2.59. The van der Waals surface area contributed by atoms with E-state index in [1.807, 2.05) is 6.07 Å². The van der Waals surface area contributed by atoms with Crippen LogP contribution in [-0.2, 0) is 0 Å². The van der Waals surface area contributed by atoms with Gasteiger partial charge in [-0.05, 0) is 37.8 Å². The van der Waals surface area contributed by atoms with Gasteiger partial charge in [-0.3, -0.25) is 0 Å². The molecule has 31 heavy (non-hydrogen) atoms. The summed E-state index contributed by atoms with van der Waals surface area (Å²) in [5.74, 6) is 1.49. The van der Waals surface area contributed by atoms with Crippen molar-refractivity contribution in [3.63, 3.8) is 0 Å². The molecule has 5 rings (SSSR count). The molecule has 1 aliphatic heterocycles. The molecule has 1 saturated heterocycles. The van der Waals surface area contributed by atoms with Gasteiger partial charge < -0.3 is 15.3 Å². The van der Waals surface area contributed by atoms with E-state index in [-0.39, 0.29) is 30.6 Å². The number of hydrogen-bond acceptors (Lipinski definition) is 8. The van der Waals surface area contributed by atoms with Crippen molar-refractivity contribution in [3.05, 3.63) is 36.8 Å². The zero-order chi connectivity index (χ0) is 19.8. The second kappa shape index (κ2) is 9.76. The molecule has 1 aromatic carbocycles. The minimum atomic E-state index is 0. The summed E-state index contributed by atoms with van der Waals surface area (Å²) < 4.78 is 0. The Morgan fingerprint density at radius 1 is 1.06 bits per heavy atom. The van der Waals surface area contributed by atoms with E-state index in [9.17, 15) is 5.11 Å². The minimum Gasteiger partial charge on any atom is -0.507 e. The molecule has 0 unspecified atom stereocenters. The van der Waals surface area contributed by atoms with E-state index in [1.54, 1.807) is 30.7 Å². The first kappa shape index (κ1) is 23.2. The van der Waals surface area contributed by atoms with Crippen molar-refractivity contribution in [2.45, 2.75) is 38.3 Å². The van der Waals surface area contributed by atoms with Crippen LogP contribution in [0.15, 0.2) is 36.8 Å². The smallest absolute Gasteiger partial charge is 0.245 e. The van der Waals surface area contributed by atoms with Gasteiger partial charge in [0.2, 0.25) is 5.95 Å². The first-order valence-corrected chi connectivity index (χ1v) is 10.1.